The van der Waals surface area contributed by atoms with Gasteiger partial charge < -0.3 is 5.32 Å². The number of anilines is 1. The second-order valence-corrected chi connectivity index (χ2v) is 5.13. The molecule has 2 heterocycles. The molecule has 6 nitrogen and oxygen atoms in total. The van der Waals surface area contributed by atoms with Crippen molar-refractivity contribution >= 4 is 11.6 Å². The lowest BCUT2D eigenvalue weighted by atomic mass is 10.1. The highest BCUT2D eigenvalue weighted by atomic mass is 16.1. The van der Waals surface area contributed by atoms with Crippen LogP contribution in [0.3, 0.4) is 0 Å². The van der Waals surface area contributed by atoms with Crippen molar-refractivity contribution in [3.8, 4) is 5.82 Å². The Morgan fingerprint density at radius 3 is 2.48 bits per heavy atom. The van der Waals surface area contributed by atoms with E-state index in [0.717, 1.165) is 17.9 Å². The summed E-state index contributed by atoms with van der Waals surface area (Å²) in [6, 6.07) is 11.1. The fraction of sp³-hybridized carbons (Fsp3) is 0.176. The van der Waals surface area contributed by atoms with Crippen molar-refractivity contribution in [3.05, 3.63) is 65.9 Å². The Hall–Kier alpha value is -3.02. The maximum absolute atomic E-state index is 12.2. The van der Waals surface area contributed by atoms with E-state index in [-0.39, 0.29) is 11.6 Å². The van der Waals surface area contributed by atoms with Crippen LogP contribution >= 0.6 is 0 Å². The molecular weight excluding hydrogens is 290 g/mol. The molecular formula is C17H17N5O. The Kier molecular flexibility index (Phi) is 4.14. The number of hydrogen-bond acceptors (Lipinski definition) is 4. The number of nitrogens with one attached hydrogen (secondary N) is 1. The van der Waals surface area contributed by atoms with Gasteiger partial charge in [-0.3, -0.25) is 9.36 Å². The Bertz CT molecular complexity index is 806. The second-order valence-electron chi connectivity index (χ2n) is 5.13. The van der Waals surface area contributed by atoms with Crippen LogP contribution in [0.25, 0.3) is 5.82 Å². The maximum Gasteiger partial charge on any atom is 0.276 e. The minimum absolute atomic E-state index is 0.270. The molecule has 0 fully saturated rings. The van der Waals surface area contributed by atoms with Crippen LogP contribution in [0.2, 0.25) is 0 Å². The first-order chi connectivity index (χ1) is 11.2. The summed E-state index contributed by atoms with van der Waals surface area (Å²) in [6.07, 6.45) is 4.46. The van der Waals surface area contributed by atoms with E-state index in [4.69, 9.17) is 0 Å². The van der Waals surface area contributed by atoms with Gasteiger partial charge in [0.25, 0.3) is 5.91 Å². The van der Waals surface area contributed by atoms with Crippen molar-refractivity contribution in [1.29, 1.82) is 0 Å². The number of aryl methyl sites for hydroxylation is 2. The van der Waals surface area contributed by atoms with Gasteiger partial charge in [0, 0.05) is 18.1 Å². The van der Waals surface area contributed by atoms with Gasteiger partial charge in [0.05, 0.1) is 0 Å². The average Bonchev–Trinajstić information content (AvgIpc) is 3.02. The largest absolute Gasteiger partial charge is 0.321 e. The van der Waals surface area contributed by atoms with Crippen LogP contribution in [-0.2, 0) is 6.42 Å². The molecule has 6 heteroatoms. The molecule has 0 saturated carbocycles. The number of carbonyl (C=O) groups is 1. The molecule has 0 aliphatic carbocycles. The summed E-state index contributed by atoms with van der Waals surface area (Å²) in [5.41, 5.74) is 2.23. The molecule has 1 N–H and O–H groups in total. The van der Waals surface area contributed by atoms with Gasteiger partial charge in [0.2, 0.25) is 0 Å². The van der Waals surface area contributed by atoms with Gasteiger partial charge in [-0.15, -0.1) is 10.2 Å². The number of carbonyl (C=O) groups excluding carboxylic acids is 1. The molecule has 3 aromatic rings. The lowest BCUT2D eigenvalue weighted by molar-refractivity contribution is 0.102. The first-order valence-electron chi connectivity index (χ1n) is 7.41. The van der Waals surface area contributed by atoms with Gasteiger partial charge in [0.1, 0.15) is 5.82 Å². The molecule has 0 atom stereocenters. The number of benzene rings is 1. The third kappa shape index (κ3) is 3.26. The molecule has 0 aliphatic rings. The monoisotopic (exact) mass is 307 g/mol. The van der Waals surface area contributed by atoms with Gasteiger partial charge in [-0.2, -0.15) is 0 Å². The lowest BCUT2D eigenvalue weighted by Gasteiger charge is -2.06. The zero-order chi connectivity index (χ0) is 16.2. The Morgan fingerprint density at radius 1 is 1.13 bits per heavy atom. The molecule has 0 bridgehead atoms. The molecule has 0 aliphatic heterocycles. The number of nitrogens with zero attached hydrogens (tertiary/aromatic N) is 4. The zero-order valence-electron chi connectivity index (χ0n) is 13.0. The van der Waals surface area contributed by atoms with Crippen molar-refractivity contribution in [1.82, 2.24) is 19.7 Å². The van der Waals surface area contributed by atoms with E-state index >= 15 is 0 Å². The second kappa shape index (κ2) is 6.39. The highest BCUT2D eigenvalue weighted by Crippen LogP contribution is 2.12. The van der Waals surface area contributed by atoms with Crippen LogP contribution < -0.4 is 5.32 Å². The van der Waals surface area contributed by atoms with E-state index in [1.54, 1.807) is 29.1 Å². The molecule has 2 aromatic heterocycles. The van der Waals surface area contributed by atoms with Crippen molar-refractivity contribution in [2.75, 3.05) is 5.32 Å². The number of amides is 1. The molecule has 3 rings (SSSR count). The summed E-state index contributed by atoms with van der Waals surface area (Å²) >= 11 is 0. The number of hydrogen-bond donors (Lipinski definition) is 1. The third-order valence-corrected chi connectivity index (χ3v) is 3.58. The summed E-state index contributed by atoms with van der Waals surface area (Å²) in [5, 5.41) is 10.9. The SMILES string of the molecule is CCc1ccc(NC(=O)c2ccc(-n3ccnc3C)nn2)cc1. The van der Waals surface area contributed by atoms with E-state index in [9.17, 15) is 4.79 Å². The van der Waals surface area contributed by atoms with Crippen LogP contribution in [0, 0.1) is 6.92 Å². The Labute approximate surface area is 134 Å². The predicted octanol–water partition coefficient (Wildman–Crippen LogP) is 2.79. The number of aromatic nitrogens is 4. The average molecular weight is 307 g/mol. The molecule has 0 spiro atoms. The number of rotatable bonds is 4. The fourth-order valence-electron chi connectivity index (χ4n) is 2.21. The Balaban J connectivity index is 1.73. The quantitative estimate of drug-likeness (QED) is 0.804. The van der Waals surface area contributed by atoms with Gasteiger partial charge in [0.15, 0.2) is 11.5 Å². The van der Waals surface area contributed by atoms with Gasteiger partial charge >= 0.3 is 0 Å². The first kappa shape index (κ1) is 14.9. The van der Waals surface area contributed by atoms with Gasteiger partial charge in [-0.1, -0.05) is 19.1 Å². The Morgan fingerprint density at radius 2 is 1.91 bits per heavy atom. The predicted molar refractivity (Wildman–Crippen MR) is 87.7 cm³/mol. The highest BCUT2D eigenvalue weighted by Gasteiger charge is 2.10. The van der Waals surface area contributed by atoms with E-state index in [1.165, 1.54) is 5.56 Å². The van der Waals surface area contributed by atoms with Crippen LogP contribution in [0.1, 0.15) is 28.8 Å². The van der Waals surface area contributed by atoms with Crippen molar-refractivity contribution < 1.29 is 4.79 Å². The molecule has 0 unspecified atom stereocenters. The summed E-state index contributed by atoms with van der Waals surface area (Å²) < 4.78 is 1.80. The summed E-state index contributed by atoms with van der Waals surface area (Å²) in [5.74, 6) is 1.16. The number of imidazole rings is 1. The third-order valence-electron chi connectivity index (χ3n) is 3.58. The minimum Gasteiger partial charge on any atom is -0.321 e. The molecule has 23 heavy (non-hydrogen) atoms. The zero-order valence-corrected chi connectivity index (χ0v) is 13.0. The van der Waals surface area contributed by atoms with E-state index < -0.39 is 0 Å². The van der Waals surface area contributed by atoms with Crippen molar-refractivity contribution in [3.63, 3.8) is 0 Å². The standard InChI is InChI=1S/C17H17N5O/c1-3-13-4-6-14(7-5-13)19-17(23)15-8-9-16(21-20-15)22-11-10-18-12(22)2/h4-11H,3H2,1-2H3,(H,19,23). The van der Waals surface area contributed by atoms with Crippen LogP contribution in [0.15, 0.2) is 48.8 Å². The smallest absolute Gasteiger partial charge is 0.276 e. The fourth-order valence-corrected chi connectivity index (χ4v) is 2.21. The van der Waals surface area contributed by atoms with E-state index in [0.29, 0.717) is 5.82 Å². The van der Waals surface area contributed by atoms with Crippen LogP contribution in [0.4, 0.5) is 5.69 Å². The lowest BCUT2D eigenvalue weighted by Crippen LogP contribution is -2.15. The van der Waals surface area contributed by atoms with Gasteiger partial charge in [-0.25, -0.2) is 4.98 Å². The van der Waals surface area contributed by atoms with Gasteiger partial charge in [-0.05, 0) is 43.2 Å². The van der Waals surface area contributed by atoms with E-state index in [2.05, 4.69) is 27.4 Å². The summed E-state index contributed by atoms with van der Waals surface area (Å²) in [4.78, 5) is 16.3. The molecule has 116 valence electrons. The summed E-state index contributed by atoms with van der Waals surface area (Å²) in [7, 11) is 0. The summed E-state index contributed by atoms with van der Waals surface area (Å²) in [6.45, 7) is 3.97. The normalized spacial score (nSPS) is 10.5. The van der Waals surface area contributed by atoms with Crippen molar-refractivity contribution in [2.45, 2.75) is 20.3 Å². The molecule has 0 saturated heterocycles. The first-order valence-corrected chi connectivity index (χ1v) is 7.41. The van der Waals surface area contributed by atoms with Crippen LogP contribution in [-0.4, -0.2) is 25.7 Å². The molecule has 1 amide bonds. The topological polar surface area (TPSA) is 72.7 Å². The highest BCUT2D eigenvalue weighted by molar-refractivity contribution is 6.02. The minimum atomic E-state index is -0.282. The molecule has 0 radical (unpaired) electrons. The van der Waals surface area contributed by atoms with Crippen molar-refractivity contribution in [2.24, 2.45) is 0 Å². The molecule has 1 aromatic carbocycles. The van der Waals surface area contributed by atoms with Crippen LogP contribution in [0.5, 0.6) is 0 Å². The van der Waals surface area contributed by atoms with E-state index in [1.807, 2.05) is 31.2 Å². The maximum atomic E-state index is 12.2.